The average Bonchev–Trinajstić information content (AvgIpc) is 2.72. The van der Waals surface area contributed by atoms with Gasteiger partial charge in [-0.1, -0.05) is 17.7 Å². The largest absolute Gasteiger partial charge is 0.489 e. The number of hydrogen-bond acceptors (Lipinski definition) is 4. The van der Waals surface area contributed by atoms with Gasteiger partial charge in [-0.05, 0) is 12.1 Å². The van der Waals surface area contributed by atoms with Crippen LogP contribution in [0.15, 0.2) is 18.2 Å². The van der Waals surface area contributed by atoms with Crippen molar-refractivity contribution in [1.29, 1.82) is 0 Å². The van der Waals surface area contributed by atoms with E-state index in [1.54, 1.807) is 18.2 Å². The molecule has 1 fully saturated rings. The molecule has 92 valence electrons. The highest BCUT2D eigenvalue weighted by Crippen LogP contribution is 2.26. The summed E-state index contributed by atoms with van der Waals surface area (Å²) in [6.07, 6.45) is -0.750. The minimum atomic E-state index is -0.438. The van der Waals surface area contributed by atoms with Crippen LogP contribution >= 0.6 is 11.6 Å². The summed E-state index contributed by atoms with van der Waals surface area (Å²) < 4.78 is 10.4. The van der Waals surface area contributed by atoms with Gasteiger partial charge in [-0.15, -0.1) is 0 Å². The molecular formula is C11H12ClNO4. The summed E-state index contributed by atoms with van der Waals surface area (Å²) in [6.45, 7) is 0.456. The Morgan fingerprint density at radius 1 is 1.59 bits per heavy atom. The second-order valence-corrected chi connectivity index (χ2v) is 4.00. The molecule has 1 aliphatic heterocycles. The van der Waals surface area contributed by atoms with Crippen molar-refractivity contribution in [2.75, 3.05) is 13.2 Å². The summed E-state index contributed by atoms with van der Waals surface area (Å²) in [7, 11) is 0. The number of hydrogen-bond donors (Lipinski definition) is 2. The van der Waals surface area contributed by atoms with E-state index >= 15 is 0 Å². The van der Waals surface area contributed by atoms with E-state index in [4.69, 9.17) is 21.1 Å². The van der Waals surface area contributed by atoms with Gasteiger partial charge in [0.15, 0.2) is 6.10 Å². The lowest BCUT2D eigenvalue weighted by Gasteiger charge is -2.13. The van der Waals surface area contributed by atoms with Crippen molar-refractivity contribution in [3.8, 4) is 5.75 Å². The molecule has 1 saturated heterocycles. The maximum atomic E-state index is 10.8. The molecule has 2 rings (SSSR count). The number of aliphatic hydroxyl groups is 1. The van der Waals surface area contributed by atoms with Crippen molar-refractivity contribution in [2.45, 2.75) is 12.7 Å². The highest BCUT2D eigenvalue weighted by Gasteiger charge is 2.23. The van der Waals surface area contributed by atoms with Gasteiger partial charge in [-0.3, -0.25) is 0 Å². The number of carbonyl (C=O) groups excluding carboxylic acids is 1. The minimum Gasteiger partial charge on any atom is -0.489 e. The zero-order valence-corrected chi connectivity index (χ0v) is 9.74. The Morgan fingerprint density at radius 2 is 2.41 bits per heavy atom. The van der Waals surface area contributed by atoms with Gasteiger partial charge >= 0.3 is 6.09 Å². The summed E-state index contributed by atoms with van der Waals surface area (Å²) in [4.78, 5) is 10.8. The van der Waals surface area contributed by atoms with Crippen LogP contribution in [-0.4, -0.2) is 30.5 Å². The first-order chi connectivity index (χ1) is 8.20. The smallest absolute Gasteiger partial charge is 0.407 e. The van der Waals surface area contributed by atoms with E-state index in [2.05, 4.69) is 5.32 Å². The first kappa shape index (κ1) is 12.0. The van der Waals surface area contributed by atoms with E-state index in [-0.39, 0.29) is 19.3 Å². The van der Waals surface area contributed by atoms with E-state index in [0.717, 1.165) is 0 Å². The Balaban J connectivity index is 1.99. The molecule has 1 aliphatic rings. The molecule has 17 heavy (non-hydrogen) atoms. The van der Waals surface area contributed by atoms with Crippen LogP contribution in [0, 0.1) is 0 Å². The Kier molecular flexibility index (Phi) is 3.71. The molecule has 5 nitrogen and oxygen atoms in total. The molecule has 1 unspecified atom stereocenters. The van der Waals surface area contributed by atoms with Gasteiger partial charge in [0.2, 0.25) is 0 Å². The van der Waals surface area contributed by atoms with Gasteiger partial charge in [0, 0.05) is 10.6 Å². The number of nitrogens with one attached hydrogen (secondary N) is 1. The van der Waals surface area contributed by atoms with Gasteiger partial charge in [-0.25, -0.2) is 4.79 Å². The van der Waals surface area contributed by atoms with Crippen molar-refractivity contribution in [3.63, 3.8) is 0 Å². The second-order valence-electron chi connectivity index (χ2n) is 3.59. The van der Waals surface area contributed by atoms with Crippen molar-refractivity contribution >= 4 is 17.7 Å². The van der Waals surface area contributed by atoms with Crippen molar-refractivity contribution in [3.05, 3.63) is 28.8 Å². The molecule has 1 aromatic rings. The molecule has 0 spiro atoms. The third-order valence-corrected chi connectivity index (χ3v) is 2.76. The maximum Gasteiger partial charge on any atom is 0.407 e. The third kappa shape index (κ3) is 2.81. The maximum absolute atomic E-state index is 10.8. The Morgan fingerprint density at radius 3 is 3.06 bits per heavy atom. The Bertz CT molecular complexity index is 424. The standard InChI is InChI=1S/C11H12ClNO4/c12-9-2-1-3-10(8(9)5-14)16-6-7-4-13-11(15)17-7/h1-3,7,14H,4-6H2,(H,13,15). The normalized spacial score (nSPS) is 18.7. The Labute approximate surface area is 103 Å². The van der Waals surface area contributed by atoms with Gasteiger partial charge in [0.25, 0.3) is 0 Å². The molecule has 6 heteroatoms. The summed E-state index contributed by atoms with van der Waals surface area (Å²) in [5.74, 6) is 0.503. The molecule has 1 heterocycles. The molecule has 0 saturated carbocycles. The van der Waals surface area contributed by atoms with Crippen LogP contribution in [0.1, 0.15) is 5.56 Å². The number of rotatable bonds is 4. The zero-order chi connectivity index (χ0) is 12.3. The van der Waals surface area contributed by atoms with Crippen LogP contribution in [0.3, 0.4) is 0 Å². The number of alkyl carbamates (subject to hydrolysis) is 1. The van der Waals surface area contributed by atoms with Gasteiger partial charge in [0.05, 0.1) is 13.2 Å². The molecule has 1 atom stereocenters. The zero-order valence-electron chi connectivity index (χ0n) is 8.98. The molecule has 0 aromatic heterocycles. The fourth-order valence-corrected chi connectivity index (χ4v) is 1.76. The van der Waals surface area contributed by atoms with Gasteiger partial charge < -0.3 is 19.9 Å². The number of amides is 1. The number of aliphatic hydroxyl groups excluding tert-OH is 1. The third-order valence-electron chi connectivity index (χ3n) is 2.41. The van der Waals surface area contributed by atoms with Crippen molar-refractivity contribution in [2.24, 2.45) is 0 Å². The highest BCUT2D eigenvalue weighted by molar-refractivity contribution is 6.31. The SMILES string of the molecule is O=C1NCC(COc2cccc(Cl)c2CO)O1. The lowest BCUT2D eigenvalue weighted by Crippen LogP contribution is -2.22. The quantitative estimate of drug-likeness (QED) is 0.854. The number of carbonyl (C=O) groups is 1. The molecule has 1 aromatic carbocycles. The number of halogens is 1. The second kappa shape index (κ2) is 5.25. The van der Waals surface area contributed by atoms with E-state index in [0.29, 0.717) is 22.9 Å². The lowest BCUT2D eigenvalue weighted by atomic mass is 10.2. The van der Waals surface area contributed by atoms with E-state index in [1.165, 1.54) is 0 Å². The average molecular weight is 258 g/mol. The first-order valence-electron chi connectivity index (χ1n) is 5.16. The van der Waals surface area contributed by atoms with E-state index in [9.17, 15) is 9.90 Å². The van der Waals surface area contributed by atoms with Gasteiger partial charge in [-0.2, -0.15) is 0 Å². The monoisotopic (exact) mass is 257 g/mol. The summed E-state index contributed by atoms with van der Waals surface area (Å²) in [5.41, 5.74) is 0.534. The summed E-state index contributed by atoms with van der Waals surface area (Å²) >= 11 is 5.91. The molecular weight excluding hydrogens is 246 g/mol. The molecule has 1 amide bonds. The minimum absolute atomic E-state index is 0.197. The summed E-state index contributed by atoms with van der Waals surface area (Å²) in [6, 6.07) is 5.12. The molecule has 0 aliphatic carbocycles. The fourth-order valence-electron chi connectivity index (χ4n) is 1.54. The van der Waals surface area contributed by atoms with Gasteiger partial charge in [0.1, 0.15) is 12.4 Å². The number of ether oxygens (including phenoxy) is 2. The van der Waals surface area contributed by atoms with Crippen LogP contribution in [-0.2, 0) is 11.3 Å². The number of benzene rings is 1. The molecule has 0 radical (unpaired) electrons. The Hall–Kier alpha value is -1.46. The fraction of sp³-hybridized carbons (Fsp3) is 0.364. The predicted octanol–water partition coefficient (Wildman–Crippen LogP) is 1.32. The van der Waals surface area contributed by atoms with Crippen molar-refractivity contribution < 1.29 is 19.4 Å². The van der Waals surface area contributed by atoms with Crippen LogP contribution in [0.25, 0.3) is 0 Å². The molecule has 2 N–H and O–H groups in total. The van der Waals surface area contributed by atoms with Crippen LogP contribution in [0.5, 0.6) is 5.75 Å². The van der Waals surface area contributed by atoms with Crippen LogP contribution in [0.4, 0.5) is 4.79 Å². The van der Waals surface area contributed by atoms with Crippen molar-refractivity contribution in [1.82, 2.24) is 5.32 Å². The van der Waals surface area contributed by atoms with Crippen LogP contribution < -0.4 is 10.1 Å². The first-order valence-corrected chi connectivity index (χ1v) is 5.54. The number of cyclic esters (lactones) is 1. The van der Waals surface area contributed by atoms with E-state index in [1.807, 2.05) is 0 Å². The predicted molar refractivity (Wildman–Crippen MR) is 61.1 cm³/mol. The lowest BCUT2D eigenvalue weighted by molar-refractivity contribution is 0.104. The highest BCUT2D eigenvalue weighted by atomic mass is 35.5. The van der Waals surface area contributed by atoms with Crippen LogP contribution in [0.2, 0.25) is 5.02 Å². The molecule has 0 bridgehead atoms. The summed E-state index contributed by atoms with van der Waals surface area (Å²) in [5, 5.41) is 12.2. The topological polar surface area (TPSA) is 67.8 Å². The van der Waals surface area contributed by atoms with E-state index < -0.39 is 6.09 Å².